The van der Waals surface area contributed by atoms with Crippen molar-refractivity contribution in [1.29, 1.82) is 0 Å². The van der Waals surface area contributed by atoms with Gasteiger partial charge in [-0.25, -0.2) is 0 Å². The van der Waals surface area contributed by atoms with E-state index in [1.165, 1.54) is 11.1 Å². The van der Waals surface area contributed by atoms with Crippen LogP contribution in [0, 0.1) is 0 Å². The Balaban J connectivity index is 0. The van der Waals surface area contributed by atoms with Gasteiger partial charge in [0.15, 0.2) is 0 Å². The van der Waals surface area contributed by atoms with Crippen molar-refractivity contribution in [1.82, 2.24) is 0 Å². The molecule has 2 rings (SSSR count). The minimum absolute atomic E-state index is 0. The molecule has 0 radical (unpaired) electrons. The van der Waals surface area contributed by atoms with Gasteiger partial charge in [0, 0.05) is 0 Å². The Labute approximate surface area is 107 Å². The maximum Gasteiger partial charge on any atom is 2.00 e. The second kappa shape index (κ2) is 7.64. The molecule has 0 N–H and O–H groups in total. The zero-order valence-electron chi connectivity index (χ0n) is 7.13. The van der Waals surface area contributed by atoms with Crippen LogP contribution in [0.5, 0.6) is 0 Å². The van der Waals surface area contributed by atoms with Gasteiger partial charge in [-0.2, -0.15) is 0 Å². The van der Waals surface area contributed by atoms with Gasteiger partial charge in [0.2, 0.25) is 0 Å². The second-order valence-electron chi connectivity index (χ2n) is 2.65. The fourth-order valence-electron chi connectivity index (χ4n) is 1.37. The number of halogens is 2. The minimum Gasteiger partial charge on any atom is -1.00 e. The fraction of sp³-hybridized carbons (Fsp3) is 0.200. The third-order valence-corrected chi connectivity index (χ3v) is 1.95. The van der Waals surface area contributed by atoms with Gasteiger partial charge in [0.25, 0.3) is 0 Å². The van der Waals surface area contributed by atoms with Crippen LogP contribution in [0.15, 0.2) is 47.6 Å². The Morgan fingerprint density at radius 2 is 1.15 bits per heavy atom. The van der Waals surface area contributed by atoms with Gasteiger partial charge in [0.05, 0.1) is 0 Å². The molecule has 13 heavy (non-hydrogen) atoms. The second-order valence-corrected chi connectivity index (χ2v) is 2.65. The van der Waals surface area contributed by atoms with Crippen LogP contribution >= 0.6 is 0 Å². The summed E-state index contributed by atoms with van der Waals surface area (Å²) >= 11 is 0. The van der Waals surface area contributed by atoms with Crippen molar-refractivity contribution >= 4 is 0 Å². The van der Waals surface area contributed by atoms with Crippen LogP contribution in [0.2, 0.25) is 0 Å². The number of hydrogen-bond donors (Lipinski definition) is 0. The molecule has 0 aromatic carbocycles. The predicted octanol–water partition coefficient (Wildman–Crippen LogP) is -3.24. The summed E-state index contributed by atoms with van der Waals surface area (Å²) in [4.78, 5) is 0. The van der Waals surface area contributed by atoms with Crippen LogP contribution < -0.4 is 24.8 Å². The average molecular weight is 249 g/mol. The summed E-state index contributed by atoms with van der Waals surface area (Å²) in [5, 5.41) is 0. The summed E-state index contributed by atoms with van der Waals surface area (Å²) in [5.74, 6) is 0. The summed E-state index contributed by atoms with van der Waals surface area (Å²) in [6.07, 6.45) is 15.4. The van der Waals surface area contributed by atoms with E-state index in [9.17, 15) is 0 Å². The SMILES string of the molecule is C1=CCC(C2=CC=CC2)=C1.[Cl-].[Cl-].[Ti+2]. The van der Waals surface area contributed by atoms with E-state index in [4.69, 9.17) is 0 Å². The first-order valence-electron chi connectivity index (χ1n) is 3.68. The predicted molar refractivity (Wildman–Crippen MR) is 43.7 cm³/mol. The summed E-state index contributed by atoms with van der Waals surface area (Å²) in [7, 11) is 0. The van der Waals surface area contributed by atoms with Gasteiger partial charge in [-0.15, -0.1) is 0 Å². The molecule has 0 atom stereocenters. The molecule has 0 amide bonds. The first-order valence-corrected chi connectivity index (χ1v) is 3.68. The van der Waals surface area contributed by atoms with Crippen LogP contribution in [0.1, 0.15) is 12.8 Å². The molecule has 0 nitrogen and oxygen atoms in total. The molecule has 0 fully saturated rings. The van der Waals surface area contributed by atoms with E-state index >= 15 is 0 Å². The molecule has 68 valence electrons. The number of allylic oxidation sites excluding steroid dienone is 8. The molecule has 0 bridgehead atoms. The van der Waals surface area contributed by atoms with Crippen LogP contribution in [0.4, 0.5) is 0 Å². The maximum absolute atomic E-state index is 2.21. The molecule has 0 heterocycles. The number of hydrogen-bond acceptors (Lipinski definition) is 0. The third kappa shape index (κ3) is 3.87. The van der Waals surface area contributed by atoms with Crippen LogP contribution in [0.3, 0.4) is 0 Å². The average Bonchev–Trinajstić information content (AvgIpc) is 2.59. The number of rotatable bonds is 1. The molecular weight excluding hydrogens is 239 g/mol. The van der Waals surface area contributed by atoms with E-state index in [1.807, 2.05) is 0 Å². The Kier molecular flexibility index (Phi) is 9.23. The molecule has 3 heteroatoms. The fourth-order valence-corrected chi connectivity index (χ4v) is 1.37. The van der Waals surface area contributed by atoms with Gasteiger partial charge in [-0.1, -0.05) is 36.5 Å². The molecule has 2 aliphatic rings. The van der Waals surface area contributed by atoms with Crippen LogP contribution in [-0.4, -0.2) is 0 Å². The Bertz CT molecular complexity index is 234. The largest absolute Gasteiger partial charge is 2.00 e. The Morgan fingerprint density at radius 1 is 0.769 bits per heavy atom. The third-order valence-electron chi connectivity index (χ3n) is 1.95. The van der Waals surface area contributed by atoms with Gasteiger partial charge >= 0.3 is 21.7 Å². The quantitative estimate of drug-likeness (QED) is 0.428. The van der Waals surface area contributed by atoms with Crippen molar-refractivity contribution in [3.8, 4) is 0 Å². The smallest absolute Gasteiger partial charge is 1.00 e. The molecule has 0 saturated carbocycles. The van der Waals surface area contributed by atoms with Crippen molar-refractivity contribution in [2.24, 2.45) is 0 Å². The van der Waals surface area contributed by atoms with E-state index < -0.39 is 0 Å². The van der Waals surface area contributed by atoms with E-state index in [1.54, 1.807) is 0 Å². The van der Waals surface area contributed by atoms with Gasteiger partial charge in [0.1, 0.15) is 0 Å². The zero-order chi connectivity index (χ0) is 6.81. The van der Waals surface area contributed by atoms with Crippen LogP contribution in [0.25, 0.3) is 0 Å². The molecule has 0 unspecified atom stereocenters. The van der Waals surface area contributed by atoms with Crippen molar-refractivity contribution in [2.75, 3.05) is 0 Å². The standard InChI is InChI=1S/C10H10.2ClH.Ti/c1-2-6-9(5-1)10-7-3-4-8-10;;;/h1-5,7H,6,8H2;2*1H;/q;;;+2/p-2. The van der Waals surface area contributed by atoms with Crippen molar-refractivity contribution in [3.63, 3.8) is 0 Å². The van der Waals surface area contributed by atoms with E-state index in [-0.39, 0.29) is 46.5 Å². The van der Waals surface area contributed by atoms with Crippen molar-refractivity contribution in [2.45, 2.75) is 12.8 Å². The van der Waals surface area contributed by atoms with E-state index in [2.05, 4.69) is 36.5 Å². The molecule has 0 aliphatic heterocycles. The monoisotopic (exact) mass is 248 g/mol. The normalized spacial score (nSPS) is 16.6. The van der Waals surface area contributed by atoms with Crippen molar-refractivity contribution < 1.29 is 46.5 Å². The molecule has 0 saturated heterocycles. The van der Waals surface area contributed by atoms with Crippen molar-refractivity contribution in [3.05, 3.63) is 47.6 Å². The maximum atomic E-state index is 2.21. The zero-order valence-corrected chi connectivity index (χ0v) is 10.2. The molecule has 0 spiro atoms. The summed E-state index contributed by atoms with van der Waals surface area (Å²) in [6, 6.07) is 0. The molecule has 0 aromatic rings. The van der Waals surface area contributed by atoms with E-state index in [0.29, 0.717) is 0 Å². The molecule has 0 aromatic heterocycles. The topological polar surface area (TPSA) is 0 Å². The summed E-state index contributed by atoms with van der Waals surface area (Å²) < 4.78 is 0. The molecular formula is C10H10Cl2Ti. The van der Waals surface area contributed by atoms with E-state index in [0.717, 1.165) is 12.8 Å². The summed E-state index contributed by atoms with van der Waals surface area (Å²) in [5.41, 5.74) is 2.98. The van der Waals surface area contributed by atoms with Gasteiger partial charge in [-0.3, -0.25) is 0 Å². The Morgan fingerprint density at radius 3 is 1.38 bits per heavy atom. The van der Waals surface area contributed by atoms with Gasteiger partial charge < -0.3 is 24.8 Å². The Hall–Kier alpha value is 0.254. The van der Waals surface area contributed by atoms with Crippen LogP contribution in [-0.2, 0) is 21.7 Å². The first kappa shape index (κ1) is 15.7. The molecule has 2 aliphatic carbocycles. The first-order chi connectivity index (χ1) is 4.97. The summed E-state index contributed by atoms with van der Waals surface area (Å²) in [6.45, 7) is 0. The minimum atomic E-state index is 0. The van der Waals surface area contributed by atoms with Gasteiger partial charge in [-0.05, 0) is 24.0 Å².